The van der Waals surface area contributed by atoms with Crippen LogP contribution in [-0.2, 0) is 27.2 Å². The lowest BCUT2D eigenvalue weighted by Crippen LogP contribution is -2.35. The van der Waals surface area contributed by atoms with Crippen LogP contribution in [0.3, 0.4) is 0 Å². The lowest BCUT2D eigenvalue weighted by molar-refractivity contribution is 0.225. The van der Waals surface area contributed by atoms with Gasteiger partial charge in [0.2, 0.25) is 0 Å². The Morgan fingerprint density at radius 1 is 0.762 bits per heavy atom. The molecule has 0 heterocycles. The Bertz CT molecular complexity index is 379. The van der Waals surface area contributed by atoms with Crippen LogP contribution in [-0.4, -0.2) is 33.8 Å². The van der Waals surface area contributed by atoms with E-state index in [1.54, 1.807) is 27.7 Å². The zero-order valence-corrected chi connectivity index (χ0v) is 16.0. The summed E-state index contributed by atoms with van der Waals surface area (Å²) in [6, 6.07) is 0. The first kappa shape index (κ1) is 21.0. The number of hydrogen-bond acceptors (Lipinski definition) is 6. The summed E-state index contributed by atoms with van der Waals surface area (Å²) in [5.41, 5.74) is 2.72. The molecule has 0 radical (unpaired) electrons. The monoisotopic (exact) mass is 356 g/mol. The average Bonchev–Trinajstić information content (AvgIpc) is 2.41. The molecule has 0 aliphatic carbocycles. The van der Waals surface area contributed by atoms with Gasteiger partial charge in [-0.25, -0.2) is 0 Å². The molecule has 0 unspecified atom stereocenters. The third-order valence-corrected chi connectivity index (χ3v) is 21.4. The maximum atomic E-state index is 13.2. The fourth-order valence-corrected chi connectivity index (χ4v) is 17.9. The maximum Gasteiger partial charge on any atom is 0.370 e. The molecule has 0 saturated carbocycles. The largest absolute Gasteiger partial charge is 0.370 e. The zero-order chi connectivity index (χ0) is 16.6. The molecule has 0 aromatic heterocycles. The maximum absolute atomic E-state index is 13.2. The lowest BCUT2D eigenvalue weighted by atomic mass is 10.9. The normalized spacial score (nSPS) is 13.1. The van der Waals surface area contributed by atoms with Gasteiger partial charge in [-0.1, -0.05) is 11.4 Å². The summed E-state index contributed by atoms with van der Waals surface area (Å²) < 4.78 is 48.0. The summed E-state index contributed by atoms with van der Waals surface area (Å²) in [5, 5.41) is 0. The fraction of sp³-hybridized carbons (Fsp3) is 0.667. The SMILES string of the molecule is C=C[Si](C=C)(P(=O)(OCC)OCC)P(=O)(OCC)OCC. The van der Waals surface area contributed by atoms with Gasteiger partial charge in [0, 0.05) is 0 Å². The highest BCUT2D eigenvalue weighted by molar-refractivity contribution is 8.25. The Kier molecular flexibility index (Phi) is 9.21. The first-order valence-corrected chi connectivity index (χ1v) is 13.8. The van der Waals surface area contributed by atoms with E-state index in [0.717, 1.165) is 0 Å². The third kappa shape index (κ3) is 4.05. The van der Waals surface area contributed by atoms with Crippen molar-refractivity contribution in [3.63, 3.8) is 0 Å². The van der Waals surface area contributed by atoms with Crippen LogP contribution >= 0.6 is 14.3 Å². The Morgan fingerprint density at radius 2 is 1.00 bits per heavy atom. The van der Waals surface area contributed by atoms with Crippen LogP contribution in [0.4, 0.5) is 0 Å². The molecule has 0 aromatic carbocycles. The van der Waals surface area contributed by atoms with Gasteiger partial charge in [0.05, 0.1) is 26.4 Å². The smallest absolute Gasteiger partial charge is 0.312 e. The van der Waals surface area contributed by atoms with Crippen molar-refractivity contribution in [2.24, 2.45) is 0 Å². The molecule has 0 aromatic rings. The molecule has 0 spiro atoms. The van der Waals surface area contributed by atoms with Crippen LogP contribution < -0.4 is 0 Å². The van der Waals surface area contributed by atoms with E-state index in [-0.39, 0.29) is 26.4 Å². The Morgan fingerprint density at radius 3 is 1.14 bits per heavy atom. The number of hydrogen-bond donors (Lipinski definition) is 0. The molecule has 0 fully saturated rings. The predicted octanol–water partition coefficient (Wildman–Crippen LogP) is 4.41. The van der Waals surface area contributed by atoms with E-state index in [9.17, 15) is 9.13 Å². The topological polar surface area (TPSA) is 71.1 Å². The van der Waals surface area contributed by atoms with E-state index in [1.165, 1.54) is 11.4 Å². The highest BCUT2D eigenvalue weighted by atomic mass is 31.7. The van der Waals surface area contributed by atoms with E-state index < -0.39 is 21.7 Å². The second-order valence-electron chi connectivity index (χ2n) is 3.86. The molecule has 0 atom stereocenters. The summed E-state index contributed by atoms with van der Waals surface area (Å²) in [7, 11) is -11.1. The molecule has 0 saturated heterocycles. The van der Waals surface area contributed by atoms with Crippen molar-refractivity contribution < 1.29 is 27.2 Å². The molecule has 0 amide bonds. The summed E-state index contributed by atoms with van der Waals surface area (Å²) in [6.45, 7) is 14.7. The van der Waals surface area contributed by atoms with Crippen LogP contribution in [0.5, 0.6) is 0 Å². The van der Waals surface area contributed by atoms with Crippen molar-refractivity contribution in [2.45, 2.75) is 27.7 Å². The second kappa shape index (κ2) is 9.21. The van der Waals surface area contributed by atoms with Gasteiger partial charge in [-0.2, -0.15) is 0 Å². The van der Waals surface area contributed by atoms with Crippen molar-refractivity contribution >= 4 is 21.7 Å². The van der Waals surface area contributed by atoms with Gasteiger partial charge < -0.3 is 18.1 Å². The molecule has 0 aliphatic heterocycles. The first-order valence-electron chi connectivity index (χ1n) is 6.92. The van der Waals surface area contributed by atoms with Crippen molar-refractivity contribution in [1.82, 2.24) is 0 Å². The second-order valence-corrected chi connectivity index (χ2v) is 18.0. The molecule has 9 heteroatoms. The fourth-order valence-electron chi connectivity index (χ4n) is 1.85. The van der Waals surface area contributed by atoms with Gasteiger partial charge in [0.25, 0.3) is 0 Å². The van der Waals surface area contributed by atoms with Crippen molar-refractivity contribution in [3.05, 3.63) is 24.6 Å². The van der Waals surface area contributed by atoms with Crippen LogP contribution in [0, 0.1) is 0 Å². The minimum atomic E-state index is -3.75. The summed E-state index contributed by atoms with van der Waals surface area (Å²) in [5.74, 6) is 0. The van der Waals surface area contributed by atoms with E-state index in [1.807, 2.05) is 0 Å². The van der Waals surface area contributed by atoms with Crippen LogP contribution in [0.2, 0.25) is 0 Å². The molecule has 21 heavy (non-hydrogen) atoms. The van der Waals surface area contributed by atoms with E-state index >= 15 is 0 Å². The molecule has 124 valence electrons. The summed E-state index contributed by atoms with van der Waals surface area (Å²) in [6.07, 6.45) is 0. The van der Waals surface area contributed by atoms with E-state index in [0.29, 0.717) is 0 Å². The number of rotatable bonds is 12. The van der Waals surface area contributed by atoms with Crippen LogP contribution in [0.1, 0.15) is 27.7 Å². The lowest BCUT2D eigenvalue weighted by Gasteiger charge is -2.36. The summed E-state index contributed by atoms with van der Waals surface area (Å²) in [4.78, 5) is 0. The molecule has 0 rings (SSSR count). The van der Waals surface area contributed by atoms with Crippen LogP contribution in [0.25, 0.3) is 0 Å². The minimum Gasteiger partial charge on any atom is -0.312 e. The van der Waals surface area contributed by atoms with Gasteiger partial charge in [-0.05, 0) is 27.7 Å². The molecule has 0 aliphatic rings. The highest BCUT2D eigenvalue weighted by Gasteiger charge is 2.65. The average molecular weight is 356 g/mol. The molecule has 6 nitrogen and oxygen atoms in total. The van der Waals surface area contributed by atoms with Gasteiger partial charge in [0.15, 0.2) is 0 Å². The van der Waals surface area contributed by atoms with Gasteiger partial charge in [0.1, 0.15) is 0 Å². The van der Waals surface area contributed by atoms with Crippen molar-refractivity contribution in [3.8, 4) is 0 Å². The third-order valence-electron chi connectivity index (χ3n) is 2.67. The van der Waals surface area contributed by atoms with E-state index in [2.05, 4.69) is 13.2 Å². The summed E-state index contributed by atoms with van der Waals surface area (Å²) >= 11 is 0. The van der Waals surface area contributed by atoms with Gasteiger partial charge >= 0.3 is 21.7 Å². The molecule has 0 bridgehead atoms. The van der Waals surface area contributed by atoms with Crippen LogP contribution in [0.15, 0.2) is 24.6 Å². The first-order chi connectivity index (χ1) is 9.86. The Hall–Kier alpha value is -0.00312. The predicted molar refractivity (Wildman–Crippen MR) is 87.9 cm³/mol. The highest BCUT2D eigenvalue weighted by Crippen LogP contribution is 2.75. The van der Waals surface area contributed by atoms with Crippen molar-refractivity contribution in [1.29, 1.82) is 0 Å². The van der Waals surface area contributed by atoms with E-state index in [4.69, 9.17) is 18.1 Å². The minimum absolute atomic E-state index is 0.145. The van der Waals surface area contributed by atoms with Crippen molar-refractivity contribution in [2.75, 3.05) is 26.4 Å². The molecular weight excluding hydrogens is 330 g/mol. The molecular formula is C12H26O6P2Si. The van der Waals surface area contributed by atoms with Gasteiger partial charge in [-0.15, -0.1) is 13.2 Å². The quantitative estimate of drug-likeness (QED) is 0.381. The zero-order valence-electron chi connectivity index (χ0n) is 13.2. The Balaban J connectivity index is 6.21. The Labute approximate surface area is 128 Å². The standard InChI is InChI=1S/C12H26O6P2Si/c1-7-15-19(13,16-8-2)21(11-5,12-6)20(14,17-9-3)18-10-4/h11-12H,5-10H2,1-4H3. The van der Waals surface area contributed by atoms with Gasteiger partial charge in [-0.3, -0.25) is 9.13 Å². The molecule has 0 N–H and O–H groups in total.